The van der Waals surface area contributed by atoms with Gasteiger partial charge in [-0.1, -0.05) is 158 Å². The van der Waals surface area contributed by atoms with Gasteiger partial charge < -0.3 is 4.42 Å². The van der Waals surface area contributed by atoms with Crippen LogP contribution in [0.2, 0.25) is 0 Å². The van der Waals surface area contributed by atoms with Gasteiger partial charge in [-0.05, 0) is 86.6 Å². The van der Waals surface area contributed by atoms with Crippen LogP contribution in [0.1, 0.15) is 12.3 Å². The quantitative estimate of drug-likeness (QED) is 0.168. The topological polar surface area (TPSA) is 51.8 Å². The van der Waals surface area contributed by atoms with Crippen LogP contribution in [0.5, 0.6) is 0 Å². The first-order valence-corrected chi connectivity index (χ1v) is 20.2. The third-order valence-corrected chi connectivity index (χ3v) is 12.0. The summed E-state index contributed by atoms with van der Waals surface area (Å²) in [7, 11) is 0. The molecule has 0 amide bonds. The van der Waals surface area contributed by atoms with Crippen LogP contribution >= 0.6 is 11.3 Å². The molecule has 0 fully saturated rings. The second-order valence-electron chi connectivity index (χ2n) is 14.5. The monoisotopic (exact) mass is 792 g/mol. The minimum Gasteiger partial charge on any atom is -0.456 e. The fraction of sp³-hybridized carbons (Fsp3) is 0. The number of furan rings is 1. The van der Waals surface area contributed by atoms with Gasteiger partial charge in [0, 0.05) is 47.6 Å². The molecule has 0 radical (unpaired) electrons. The molecule has 0 bridgehead atoms. The van der Waals surface area contributed by atoms with Gasteiger partial charge in [-0.2, -0.15) is 0 Å². The van der Waals surface area contributed by atoms with E-state index in [0.29, 0.717) is 22.3 Å². The van der Waals surface area contributed by atoms with Crippen LogP contribution in [-0.2, 0) is 0 Å². The third kappa shape index (κ3) is 5.78. The molecule has 12 rings (SSSR count). The predicted octanol–water partition coefficient (Wildman–Crippen LogP) is 15.3. The van der Waals surface area contributed by atoms with E-state index in [-0.39, 0.29) is 72.1 Å². The van der Waals surface area contributed by atoms with Crippen LogP contribution in [0.25, 0.3) is 120 Å². The Kier molecular flexibility index (Phi) is 6.13. The highest BCUT2D eigenvalue weighted by atomic mass is 32.1. The van der Waals surface area contributed by atoms with Gasteiger partial charge in [-0.15, -0.1) is 11.3 Å². The van der Waals surface area contributed by atoms with E-state index in [4.69, 9.17) is 29.0 Å². The number of hydrogen-bond donors (Lipinski definition) is 0. The maximum atomic E-state index is 9.55. The van der Waals surface area contributed by atoms with Crippen molar-refractivity contribution in [2.24, 2.45) is 0 Å². The third-order valence-electron chi connectivity index (χ3n) is 10.9. The molecule has 3 aromatic heterocycles. The first-order valence-electron chi connectivity index (χ1n) is 23.9. The molecule has 0 saturated heterocycles. The Morgan fingerprint density at radius 2 is 1.07 bits per heavy atom. The zero-order chi connectivity index (χ0) is 47.4. The summed E-state index contributed by atoms with van der Waals surface area (Å²) in [5.41, 5.74) is 8.26. The van der Waals surface area contributed by atoms with E-state index in [1.807, 2.05) is 121 Å². The molecule has 5 heteroatoms. The molecule has 0 aliphatic heterocycles. The largest absolute Gasteiger partial charge is 0.456 e. The van der Waals surface area contributed by atoms with Gasteiger partial charge in [0.15, 0.2) is 17.5 Å². The summed E-state index contributed by atoms with van der Waals surface area (Å²) < 4.78 is 88.0. The van der Waals surface area contributed by atoms with E-state index in [2.05, 4.69) is 24.3 Å². The number of nitrogens with zero attached hydrogens (tertiary/aromatic N) is 3. The van der Waals surface area contributed by atoms with Gasteiger partial charge in [-0.25, -0.2) is 15.0 Å². The standard InChI is InChI=1S/C55H33N3OS/c1-4-14-34(15-5-1)39-30-40(35-16-6-2-7-17-35)32-41(31-39)54-56-53(38-27-28-44-48(33-38)59-47-24-12-22-42(50(44)47)36-18-8-3-9-19-36)57-55(58-54)46-23-13-25-49-51(46)45-29-26-37-20-10-11-21-43(37)52(45)60-49/h1-33H/i10D,11D,13D,20D,21D,23D,25D,26D,29D. The fourth-order valence-corrected chi connectivity index (χ4v) is 9.18. The summed E-state index contributed by atoms with van der Waals surface area (Å²) >= 11 is 0.987. The summed E-state index contributed by atoms with van der Waals surface area (Å²) in [6, 6.07) is 44.0. The molecule has 4 nitrogen and oxygen atoms in total. The lowest BCUT2D eigenvalue weighted by Crippen LogP contribution is -2.01. The van der Waals surface area contributed by atoms with Crippen molar-refractivity contribution in [2.45, 2.75) is 0 Å². The molecule has 0 N–H and O–H groups in total. The average molecular weight is 793 g/mol. The molecule has 9 aromatic carbocycles. The molecule has 12 aromatic rings. The summed E-state index contributed by atoms with van der Waals surface area (Å²) in [4.78, 5) is 15.3. The van der Waals surface area contributed by atoms with E-state index in [0.717, 1.165) is 55.5 Å². The van der Waals surface area contributed by atoms with Crippen LogP contribution in [-0.4, -0.2) is 15.0 Å². The van der Waals surface area contributed by atoms with Crippen LogP contribution in [0.4, 0.5) is 0 Å². The van der Waals surface area contributed by atoms with Crippen molar-refractivity contribution in [3.05, 3.63) is 200 Å². The van der Waals surface area contributed by atoms with Crippen molar-refractivity contribution in [3.8, 4) is 67.5 Å². The van der Waals surface area contributed by atoms with Crippen molar-refractivity contribution >= 4 is 64.2 Å². The van der Waals surface area contributed by atoms with Crippen molar-refractivity contribution in [2.75, 3.05) is 0 Å². The van der Waals surface area contributed by atoms with Gasteiger partial charge in [-0.3, -0.25) is 0 Å². The Labute approximate surface area is 362 Å². The number of benzene rings is 9. The Balaban J connectivity index is 1.17. The second-order valence-corrected chi connectivity index (χ2v) is 15.5. The average Bonchev–Trinajstić information content (AvgIpc) is 3.97. The lowest BCUT2D eigenvalue weighted by Gasteiger charge is -2.13. The number of rotatable bonds is 6. The zero-order valence-corrected chi connectivity index (χ0v) is 32.3. The Morgan fingerprint density at radius 3 is 1.82 bits per heavy atom. The molecule has 3 heterocycles. The molecule has 0 spiro atoms. The van der Waals surface area contributed by atoms with E-state index in [9.17, 15) is 2.74 Å². The first-order chi connectivity index (χ1) is 33.5. The van der Waals surface area contributed by atoms with Gasteiger partial charge in [0.25, 0.3) is 0 Å². The van der Waals surface area contributed by atoms with Crippen LogP contribution in [0.3, 0.4) is 0 Å². The second kappa shape index (κ2) is 14.0. The maximum Gasteiger partial charge on any atom is 0.164 e. The summed E-state index contributed by atoms with van der Waals surface area (Å²) in [6.45, 7) is 0. The summed E-state index contributed by atoms with van der Waals surface area (Å²) in [5.74, 6) is 0.426. The number of hydrogen-bond acceptors (Lipinski definition) is 5. The van der Waals surface area contributed by atoms with Gasteiger partial charge in [0.2, 0.25) is 0 Å². The number of fused-ring (bicyclic) bond motifs is 8. The lowest BCUT2D eigenvalue weighted by atomic mass is 9.95. The Hall–Kier alpha value is -7.73. The highest BCUT2D eigenvalue weighted by Gasteiger charge is 2.20. The number of aromatic nitrogens is 3. The molecule has 280 valence electrons. The molecule has 0 aliphatic carbocycles. The molecule has 0 aliphatic rings. The minimum absolute atomic E-state index is 0.0232. The van der Waals surface area contributed by atoms with Crippen LogP contribution in [0.15, 0.2) is 204 Å². The van der Waals surface area contributed by atoms with Crippen LogP contribution < -0.4 is 0 Å². The lowest BCUT2D eigenvalue weighted by molar-refractivity contribution is 0.669. The predicted molar refractivity (Wildman–Crippen MR) is 250 cm³/mol. The van der Waals surface area contributed by atoms with Crippen molar-refractivity contribution in [1.29, 1.82) is 0 Å². The summed E-state index contributed by atoms with van der Waals surface area (Å²) in [5, 5.41) is 2.02. The normalized spacial score (nSPS) is 13.8. The van der Waals surface area contributed by atoms with E-state index < -0.39 is 36.3 Å². The van der Waals surface area contributed by atoms with Crippen molar-refractivity contribution in [1.82, 2.24) is 15.0 Å². The molecular weight excluding hydrogens is 751 g/mol. The molecule has 60 heavy (non-hydrogen) atoms. The van der Waals surface area contributed by atoms with Gasteiger partial charge in [0.05, 0.1) is 12.3 Å². The van der Waals surface area contributed by atoms with Gasteiger partial charge >= 0.3 is 0 Å². The fourth-order valence-electron chi connectivity index (χ4n) is 8.06. The number of thiophene rings is 1. The van der Waals surface area contributed by atoms with E-state index >= 15 is 0 Å². The highest BCUT2D eigenvalue weighted by Crippen LogP contribution is 2.44. The molecule has 0 atom stereocenters. The maximum absolute atomic E-state index is 9.55. The van der Waals surface area contributed by atoms with Crippen LogP contribution in [0, 0.1) is 0 Å². The molecule has 0 unspecified atom stereocenters. The minimum atomic E-state index is -0.529. The smallest absolute Gasteiger partial charge is 0.164 e. The Morgan fingerprint density at radius 1 is 0.400 bits per heavy atom. The highest BCUT2D eigenvalue weighted by molar-refractivity contribution is 7.26. The van der Waals surface area contributed by atoms with Gasteiger partial charge in [0.1, 0.15) is 11.2 Å². The molecular formula is C55H33N3OS. The first kappa shape index (κ1) is 26.3. The van der Waals surface area contributed by atoms with Crippen molar-refractivity contribution in [3.63, 3.8) is 0 Å². The zero-order valence-electron chi connectivity index (χ0n) is 40.5. The van der Waals surface area contributed by atoms with Crippen molar-refractivity contribution < 1.29 is 16.8 Å². The summed E-state index contributed by atoms with van der Waals surface area (Å²) in [6.07, 6.45) is 0. The Bertz CT molecular complexity index is 4070. The van der Waals surface area contributed by atoms with E-state index in [1.54, 1.807) is 0 Å². The molecule has 0 saturated carbocycles. The van der Waals surface area contributed by atoms with E-state index in [1.165, 1.54) is 0 Å². The SMILES string of the molecule is [2H]c1c([2H])c(-c2nc(-c3cc(-c4ccccc4)cc(-c4ccccc4)c3)nc(-c3ccc4c(c3)oc3cccc(-c5ccccc5)c34)n2)c2c(sc3c4c([2H])c([2H])c([2H])c([2H])c4c([2H])c([2H])c32)c1[2H].